The van der Waals surface area contributed by atoms with Crippen molar-refractivity contribution in [2.75, 3.05) is 111 Å². The van der Waals surface area contributed by atoms with Crippen LogP contribution in [0.1, 0.15) is 271 Å². The molecule has 13 heteroatoms. The number of carbonyl (C=O) groups excluding carboxylic acids is 2. The number of nitrogens with two attached hydrogens (primary N) is 3. The van der Waals surface area contributed by atoms with E-state index in [-0.39, 0.29) is 23.9 Å². The van der Waals surface area contributed by atoms with E-state index < -0.39 is 0 Å². The molecule has 13 nitrogen and oxygen atoms in total. The fraction of sp³-hybridized carbons (Fsp3) is 0.910. The molecule has 0 fully saturated rings. The third kappa shape index (κ3) is 56.5. The van der Waals surface area contributed by atoms with Crippen LogP contribution in [0.25, 0.3) is 0 Å². The van der Waals surface area contributed by atoms with Crippen molar-refractivity contribution < 1.29 is 9.59 Å². The average Bonchev–Trinajstić information content (AvgIpc) is 3.46. The second-order valence-corrected chi connectivity index (χ2v) is 23.4. The molecular weight excluding hydrogens is 991 g/mol. The van der Waals surface area contributed by atoms with Gasteiger partial charge in [0.2, 0.25) is 11.8 Å². The fourth-order valence-electron chi connectivity index (χ4n) is 10.4. The summed E-state index contributed by atoms with van der Waals surface area (Å²) in [4.78, 5) is 32.5. The smallest absolute Gasteiger partial charge is 0.237 e. The van der Waals surface area contributed by atoms with Crippen LogP contribution in [0.4, 0.5) is 0 Å². The van der Waals surface area contributed by atoms with E-state index in [2.05, 4.69) is 86.8 Å². The van der Waals surface area contributed by atoms with Crippen LogP contribution >= 0.6 is 0 Å². The van der Waals surface area contributed by atoms with Crippen molar-refractivity contribution in [3.8, 4) is 0 Å². The first kappa shape index (κ1) is 78.1. The van der Waals surface area contributed by atoms with Crippen molar-refractivity contribution in [2.45, 2.75) is 283 Å². The molecule has 0 rings (SSSR count). The maximum Gasteiger partial charge on any atom is 0.237 e. The first-order chi connectivity index (χ1) is 39.5. The highest BCUT2D eigenvalue weighted by Crippen LogP contribution is 2.14. The van der Waals surface area contributed by atoms with Crippen LogP contribution in [0, 0.1) is 0 Å². The lowest BCUT2D eigenvalue weighted by Gasteiger charge is -2.28. The van der Waals surface area contributed by atoms with Gasteiger partial charge in [-0.05, 0) is 213 Å². The predicted molar refractivity (Wildman–Crippen MR) is 351 cm³/mol. The summed E-state index contributed by atoms with van der Waals surface area (Å²) in [6.45, 7) is 21.7. The Labute approximate surface area is 497 Å². The summed E-state index contributed by atoms with van der Waals surface area (Å²) in [5.74, 6) is 0.251. The molecule has 2 amide bonds. The van der Waals surface area contributed by atoms with E-state index in [1.54, 1.807) is 0 Å². The summed E-state index contributed by atoms with van der Waals surface area (Å²) in [7, 11) is 0. The lowest BCUT2D eigenvalue weighted by molar-refractivity contribution is -0.124. The van der Waals surface area contributed by atoms with Gasteiger partial charge in [-0.2, -0.15) is 0 Å². The van der Waals surface area contributed by atoms with E-state index in [1.807, 2.05) is 0 Å². The lowest BCUT2D eigenvalue weighted by Crippen LogP contribution is -2.46. The van der Waals surface area contributed by atoms with Crippen LogP contribution in [0.3, 0.4) is 0 Å². The monoisotopic (exact) mass is 1130 g/mol. The molecule has 2 unspecified atom stereocenters. The van der Waals surface area contributed by atoms with Gasteiger partial charge in [0, 0.05) is 26.2 Å². The van der Waals surface area contributed by atoms with E-state index in [4.69, 9.17) is 17.2 Å². The van der Waals surface area contributed by atoms with Gasteiger partial charge in [0.1, 0.15) is 0 Å². The Morgan fingerprint density at radius 1 is 0.325 bits per heavy atom. The second-order valence-electron chi connectivity index (χ2n) is 23.4. The highest BCUT2D eigenvalue weighted by Gasteiger charge is 2.19. The minimum absolute atomic E-state index is 0.108. The van der Waals surface area contributed by atoms with E-state index in [9.17, 15) is 9.59 Å². The highest BCUT2D eigenvalue weighted by molar-refractivity contribution is 5.82. The maximum absolute atomic E-state index is 13.6. The molecule has 0 heterocycles. The van der Waals surface area contributed by atoms with E-state index in [0.717, 1.165) is 149 Å². The van der Waals surface area contributed by atoms with Crippen molar-refractivity contribution in [1.29, 1.82) is 0 Å². The summed E-state index contributed by atoms with van der Waals surface area (Å²) in [6, 6.07) is -0.352. The topological polar surface area (TPSA) is 191 Å². The van der Waals surface area contributed by atoms with E-state index >= 15 is 0 Å². The Bertz CT molecular complexity index is 1210. The number of allylic oxidation sites excluding steroid dienone is 4. The number of rotatable bonds is 67. The third-order valence-corrected chi connectivity index (χ3v) is 15.7. The van der Waals surface area contributed by atoms with Crippen molar-refractivity contribution in [3.63, 3.8) is 0 Å². The van der Waals surface area contributed by atoms with Gasteiger partial charge in [-0.3, -0.25) is 9.59 Å². The Balaban J connectivity index is 5.60. The van der Waals surface area contributed by atoms with Gasteiger partial charge in [0.25, 0.3) is 0 Å². The van der Waals surface area contributed by atoms with Crippen LogP contribution in [0.5, 0.6) is 0 Å². The zero-order chi connectivity index (χ0) is 58.1. The summed E-state index contributed by atoms with van der Waals surface area (Å²) in [6.07, 6.45) is 57.1. The Hall–Kier alpha value is -1.94. The third-order valence-electron chi connectivity index (χ3n) is 15.7. The van der Waals surface area contributed by atoms with Crippen LogP contribution in [-0.4, -0.2) is 145 Å². The molecule has 0 bridgehead atoms. The molecule has 0 radical (unpaired) electrons. The molecule has 0 saturated heterocycles. The molecule has 0 aliphatic rings. The normalized spacial score (nSPS) is 12.8. The molecular formula is C67H139N11O2. The minimum atomic E-state index is -0.202. The largest absolute Gasteiger partial charge is 0.355 e. The molecule has 0 aromatic heterocycles. The lowest BCUT2D eigenvalue weighted by atomic mass is 10.1. The van der Waals surface area contributed by atoms with Gasteiger partial charge < -0.3 is 58.9 Å². The van der Waals surface area contributed by atoms with Crippen molar-refractivity contribution in [3.05, 3.63) is 24.3 Å². The van der Waals surface area contributed by atoms with Gasteiger partial charge in [-0.1, -0.05) is 167 Å². The quantitative estimate of drug-likeness (QED) is 0.0208. The van der Waals surface area contributed by atoms with Crippen molar-refractivity contribution >= 4 is 11.8 Å². The van der Waals surface area contributed by atoms with Crippen molar-refractivity contribution in [2.24, 2.45) is 17.2 Å². The maximum atomic E-state index is 13.6. The standard InChI is InChI=1S/C67H139N11O2/c1-4-7-10-12-14-16-18-20-22-24-26-28-30-32-34-36-58-77(60-43-56-75-66(79)64(73-54-9-6-3)45-38-50-71-52-40-47-68)62-63-78(59-37-35-33-31-29-27-25-23-21-19-17-15-13-11-8-5-2)61-44-57-76-67(80)65(74-55-42-49-70)46-39-51-72-53-41-48-69/h20-23,64-65,71-74H,4-19,24-63,68-70H2,1-3H3,(H,75,79)(H,76,80). The summed E-state index contributed by atoms with van der Waals surface area (Å²) in [5.41, 5.74) is 17.2. The minimum Gasteiger partial charge on any atom is -0.355 e. The Morgan fingerprint density at radius 2 is 0.625 bits per heavy atom. The van der Waals surface area contributed by atoms with Crippen LogP contribution in [-0.2, 0) is 9.59 Å². The molecule has 12 N–H and O–H groups in total. The number of amides is 2. The molecule has 0 spiro atoms. The first-order valence-electron chi connectivity index (χ1n) is 34.8. The number of nitrogens with zero attached hydrogens (tertiary/aromatic N) is 2. The number of carbonyl (C=O) groups is 2. The number of hydrogen-bond acceptors (Lipinski definition) is 11. The molecule has 0 aromatic carbocycles. The van der Waals surface area contributed by atoms with Crippen LogP contribution < -0.4 is 49.1 Å². The fourth-order valence-corrected chi connectivity index (χ4v) is 10.4. The molecule has 2 atom stereocenters. The summed E-state index contributed by atoms with van der Waals surface area (Å²) in [5, 5.41) is 20.7. The summed E-state index contributed by atoms with van der Waals surface area (Å²) >= 11 is 0. The van der Waals surface area contributed by atoms with Gasteiger partial charge >= 0.3 is 0 Å². The molecule has 0 saturated carbocycles. The summed E-state index contributed by atoms with van der Waals surface area (Å²) < 4.78 is 0. The second kappa shape index (κ2) is 66.2. The zero-order valence-electron chi connectivity index (χ0n) is 53.5. The van der Waals surface area contributed by atoms with E-state index in [1.165, 1.54) is 180 Å². The van der Waals surface area contributed by atoms with Gasteiger partial charge in [0.15, 0.2) is 0 Å². The van der Waals surface area contributed by atoms with Gasteiger partial charge in [0.05, 0.1) is 12.1 Å². The average molecular weight is 1130 g/mol. The number of unbranched alkanes of at least 4 members (excludes halogenated alkanes) is 25. The van der Waals surface area contributed by atoms with Crippen LogP contribution in [0.2, 0.25) is 0 Å². The SMILES string of the molecule is CCCCCCCCC=CCCCCCCCCN(CCCNC(=O)C(CCCNCCCN)NCCCC)CCN(CCCCCCCCC=CCCCCCCCC)CCCNC(=O)C(CCCNCCCN)NCCCN. The van der Waals surface area contributed by atoms with E-state index in [0.29, 0.717) is 32.7 Å². The van der Waals surface area contributed by atoms with Gasteiger partial charge in [-0.25, -0.2) is 0 Å². The van der Waals surface area contributed by atoms with Gasteiger partial charge in [-0.15, -0.1) is 0 Å². The molecule has 0 aromatic rings. The first-order valence-corrected chi connectivity index (χ1v) is 34.8. The molecule has 0 aliphatic heterocycles. The van der Waals surface area contributed by atoms with Crippen molar-refractivity contribution in [1.82, 2.24) is 41.7 Å². The highest BCUT2D eigenvalue weighted by atomic mass is 16.2. The number of nitrogens with one attached hydrogen (secondary N) is 6. The molecule has 474 valence electrons. The Morgan fingerprint density at radius 3 is 0.988 bits per heavy atom. The molecule has 0 aliphatic carbocycles. The molecule has 80 heavy (non-hydrogen) atoms. The number of hydrogen-bond donors (Lipinski definition) is 9. The zero-order valence-corrected chi connectivity index (χ0v) is 53.5. The van der Waals surface area contributed by atoms with Crippen LogP contribution in [0.15, 0.2) is 24.3 Å². The predicted octanol–water partition coefficient (Wildman–Crippen LogP) is 12.2. The Kier molecular flexibility index (Phi) is 64.6.